The van der Waals surface area contributed by atoms with Crippen LogP contribution in [0.4, 0.5) is 0 Å². The molecule has 1 rings (SSSR count). The molecule has 0 radical (unpaired) electrons. The first-order chi connectivity index (χ1) is 8.36. The number of rotatable bonds is 5. The van der Waals surface area contributed by atoms with Gasteiger partial charge in [-0.15, -0.1) is 0 Å². The van der Waals surface area contributed by atoms with Crippen molar-refractivity contribution in [3.05, 3.63) is 12.2 Å². The number of hydrogen-bond acceptors (Lipinski definition) is 2. The minimum Gasteiger partial charge on any atom is -0.340 e. The monoisotopic (exact) mass is 252 g/mol. The predicted molar refractivity (Wildman–Crippen MR) is 76.5 cm³/mol. The zero-order valence-electron chi connectivity index (χ0n) is 12.5. The first kappa shape index (κ1) is 15.2. The molecule has 0 atom stereocenters. The molecule has 0 bridgehead atoms. The summed E-state index contributed by atoms with van der Waals surface area (Å²) in [4.78, 5) is 16.2. The Kier molecular flexibility index (Phi) is 5.39. The zero-order valence-corrected chi connectivity index (χ0v) is 12.5. The van der Waals surface area contributed by atoms with E-state index in [0.717, 1.165) is 39.1 Å². The Hall–Kier alpha value is -0.830. The number of carbonyl (C=O) groups is 1. The molecule has 3 nitrogen and oxygen atoms in total. The van der Waals surface area contributed by atoms with Crippen LogP contribution in [0.15, 0.2) is 12.2 Å². The summed E-state index contributed by atoms with van der Waals surface area (Å²) in [7, 11) is 0. The molecule has 0 aromatic rings. The van der Waals surface area contributed by atoms with E-state index in [0.29, 0.717) is 12.3 Å². The Labute approximate surface area is 112 Å². The van der Waals surface area contributed by atoms with Gasteiger partial charge in [-0.1, -0.05) is 32.9 Å². The Morgan fingerprint density at radius 3 is 2.22 bits per heavy atom. The van der Waals surface area contributed by atoms with Crippen LogP contribution in [-0.4, -0.2) is 48.4 Å². The van der Waals surface area contributed by atoms with Crippen molar-refractivity contribution in [2.75, 3.05) is 32.7 Å². The number of hydrogen-bond donors (Lipinski definition) is 0. The highest BCUT2D eigenvalue weighted by Crippen LogP contribution is 2.26. The Bertz CT molecular complexity index is 302. The maximum Gasteiger partial charge on any atom is 0.222 e. The summed E-state index contributed by atoms with van der Waals surface area (Å²) in [5.74, 6) is 0.316. The Morgan fingerprint density at radius 1 is 1.22 bits per heavy atom. The predicted octanol–water partition coefficient (Wildman–Crippen LogP) is 2.53. The van der Waals surface area contributed by atoms with E-state index < -0.39 is 0 Å². The Balaban J connectivity index is 2.40. The smallest absolute Gasteiger partial charge is 0.222 e. The average molecular weight is 252 g/mol. The third-order valence-electron chi connectivity index (χ3n) is 3.96. The summed E-state index contributed by atoms with van der Waals surface area (Å²) in [6.07, 6.45) is 1.64. The van der Waals surface area contributed by atoms with Gasteiger partial charge in [0.05, 0.1) is 0 Å². The highest BCUT2D eigenvalue weighted by molar-refractivity contribution is 5.76. The van der Waals surface area contributed by atoms with E-state index in [9.17, 15) is 4.79 Å². The fourth-order valence-corrected chi connectivity index (χ4v) is 2.22. The van der Waals surface area contributed by atoms with Crippen LogP contribution in [0.2, 0.25) is 0 Å². The summed E-state index contributed by atoms with van der Waals surface area (Å²) in [6.45, 7) is 17.5. The van der Waals surface area contributed by atoms with E-state index in [1.54, 1.807) is 0 Å². The number of amides is 1. The molecule has 1 amide bonds. The van der Waals surface area contributed by atoms with Crippen molar-refractivity contribution in [2.24, 2.45) is 5.41 Å². The molecule has 1 aliphatic rings. The van der Waals surface area contributed by atoms with Crippen LogP contribution in [0.3, 0.4) is 0 Å². The molecule has 0 unspecified atom stereocenters. The van der Waals surface area contributed by atoms with Crippen LogP contribution in [0.1, 0.15) is 40.5 Å². The molecule has 0 aromatic carbocycles. The maximum absolute atomic E-state index is 11.8. The van der Waals surface area contributed by atoms with Gasteiger partial charge >= 0.3 is 0 Å². The lowest BCUT2D eigenvalue weighted by Gasteiger charge is -2.39. The van der Waals surface area contributed by atoms with Crippen LogP contribution in [0, 0.1) is 5.41 Å². The van der Waals surface area contributed by atoms with Crippen LogP contribution < -0.4 is 0 Å². The van der Waals surface area contributed by atoms with Gasteiger partial charge in [-0.2, -0.15) is 0 Å². The minimum atomic E-state index is 0.162. The first-order valence-electron chi connectivity index (χ1n) is 7.03. The Morgan fingerprint density at radius 2 is 1.78 bits per heavy atom. The normalized spacial score (nSPS) is 17.9. The van der Waals surface area contributed by atoms with E-state index in [1.807, 2.05) is 4.90 Å². The van der Waals surface area contributed by atoms with Gasteiger partial charge in [0.15, 0.2) is 0 Å². The van der Waals surface area contributed by atoms with Gasteiger partial charge in [0.2, 0.25) is 5.91 Å². The van der Waals surface area contributed by atoms with E-state index in [1.165, 1.54) is 5.57 Å². The van der Waals surface area contributed by atoms with E-state index in [-0.39, 0.29) is 5.41 Å². The van der Waals surface area contributed by atoms with Gasteiger partial charge in [0, 0.05) is 39.1 Å². The van der Waals surface area contributed by atoms with E-state index >= 15 is 0 Å². The van der Waals surface area contributed by atoms with Crippen molar-refractivity contribution in [1.82, 2.24) is 9.80 Å². The molecule has 1 fully saturated rings. The van der Waals surface area contributed by atoms with Gasteiger partial charge in [0.1, 0.15) is 0 Å². The molecular formula is C15H28N2O. The average Bonchev–Trinajstić information content (AvgIpc) is 2.29. The van der Waals surface area contributed by atoms with E-state index in [2.05, 4.69) is 39.2 Å². The number of nitrogens with zero attached hydrogens (tertiary/aromatic N) is 2. The fourth-order valence-electron chi connectivity index (χ4n) is 2.22. The second-order valence-corrected chi connectivity index (χ2v) is 6.07. The summed E-state index contributed by atoms with van der Waals surface area (Å²) >= 11 is 0. The van der Waals surface area contributed by atoms with Crippen molar-refractivity contribution in [3.63, 3.8) is 0 Å². The highest BCUT2D eigenvalue weighted by atomic mass is 16.2. The highest BCUT2D eigenvalue weighted by Gasteiger charge is 2.26. The van der Waals surface area contributed by atoms with Crippen molar-refractivity contribution in [2.45, 2.75) is 40.5 Å². The maximum atomic E-state index is 11.8. The van der Waals surface area contributed by atoms with Crippen LogP contribution in [0.5, 0.6) is 0 Å². The lowest BCUT2D eigenvalue weighted by atomic mass is 9.85. The number of piperazine rings is 1. The molecule has 0 saturated carbocycles. The SMILES string of the molecule is C=C(C)C(C)(C)CN1CCN(C(=O)CCC)CC1. The molecule has 3 heteroatoms. The standard InChI is InChI=1S/C15H28N2O/c1-6-7-14(18)17-10-8-16(9-11-17)12-15(4,5)13(2)3/h2,6-12H2,1,3-5H3. The quantitative estimate of drug-likeness (QED) is 0.702. The van der Waals surface area contributed by atoms with Crippen LogP contribution in [-0.2, 0) is 4.79 Å². The third-order valence-corrected chi connectivity index (χ3v) is 3.96. The lowest BCUT2D eigenvalue weighted by Crippen LogP contribution is -2.50. The van der Waals surface area contributed by atoms with Crippen LogP contribution >= 0.6 is 0 Å². The second kappa shape index (κ2) is 6.37. The first-order valence-corrected chi connectivity index (χ1v) is 7.03. The van der Waals surface area contributed by atoms with Crippen molar-refractivity contribution in [3.8, 4) is 0 Å². The summed E-state index contributed by atoms with van der Waals surface area (Å²) < 4.78 is 0. The molecule has 18 heavy (non-hydrogen) atoms. The van der Waals surface area contributed by atoms with Gasteiger partial charge in [-0.25, -0.2) is 0 Å². The molecule has 0 spiro atoms. The summed E-state index contributed by atoms with van der Waals surface area (Å²) in [5.41, 5.74) is 1.39. The van der Waals surface area contributed by atoms with Crippen molar-refractivity contribution >= 4 is 5.91 Å². The van der Waals surface area contributed by atoms with Gasteiger partial charge in [-0.3, -0.25) is 9.69 Å². The molecule has 0 aromatic heterocycles. The molecule has 0 N–H and O–H groups in total. The molecule has 1 aliphatic heterocycles. The van der Waals surface area contributed by atoms with Gasteiger partial charge in [-0.05, 0) is 18.8 Å². The molecular weight excluding hydrogens is 224 g/mol. The van der Waals surface area contributed by atoms with E-state index in [4.69, 9.17) is 0 Å². The van der Waals surface area contributed by atoms with Crippen molar-refractivity contribution < 1.29 is 4.79 Å². The van der Waals surface area contributed by atoms with Crippen LogP contribution in [0.25, 0.3) is 0 Å². The lowest BCUT2D eigenvalue weighted by molar-refractivity contribution is -0.133. The number of carbonyl (C=O) groups excluding carboxylic acids is 1. The molecule has 1 saturated heterocycles. The largest absolute Gasteiger partial charge is 0.340 e. The fraction of sp³-hybridized carbons (Fsp3) is 0.800. The second-order valence-electron chi connectivity index (χ2n) is 6.07. The summed E-state index contributed by atoms with van der Waals surface area (Å²) in [6, 6.07) is 0. The molecule has 104 valence electrons. The zero-order chi connectivity index (χ0) is 13.8. The molecule has 1 heterocycles. The van der Waals surface area contributed by atoms with Gasteiger partial charge < -0.3 is 4.90 Å². The minimum absolute atomic E-state index is 0.162. The molecule has 0 aliphatic carbocycles. The summed E-state index contributed by atoms with van der Waals surface area (Å²) in [5, 5.41) is 0. The van der Waals surface area contributed by atoms with Crippen molar-refractivity contribution in [1.29, 1.82) is 0 Å². The third kappa shape index (κ3) is 4.13. The topological polar surface area (TPSA) is 23.6 Å². The van der Waals surface area contributed by atoms with Gasteiger partial charge in [0.25, 0.3) is 0 Å².